The molecule has 0 aliphatic heterocycles. The Bertz CT molecular complexity index is 366. The maximum absolute atomic E-state index is 5.49. The normalized spacial score (nSPS) is 12.1. The molecule has 0 aliphatic rings. The number of aromatic nitrogens is 1. The largest absolute Gasteiger partial charge is 0.271 e. The van der Waals surface area contributed by atoms with Crippen LogP contribution in [0.15, 0.2) is 12.3 Å². The van der Waals surface area contributed by atoms with Crippen molar-refractivity contribution in [2.75, 3.05) is 0 Å². The minimum atomic E-state index is 0.0432. The molecule has 0 amide bonds. The average molecular weight is 203 g/mol. The van der Waals surface area contributed by atoms with Gasteiger partial charge in [0.25, 0.3) is 0 Å². The van der Waals surface area contributed by atoms with Crippen molar-refractivity contribution in [2.24, 2.45) is 5.84 Å². The number of hydrazine groups is 1. The van der Waals surface area contributed by atoms with Crippen molar-refractivity contribution < 1.29 is 0 Å². The lowest BCUT2D eigenvalue weighted by Gasteiger charge is -2.16. The van der Waals surface area contributed by atoms with Crippen molar-refractivity contribution in [3.8, 4) is 12.3 Å². The van der Waals surface area contributed by atoms with Gasteiger partial charge in [0.05, 0.1) is 11.7 Å². The Labute approximate surface area is 91.1 Å². The van der Waals surface area contributed by atoms with Crippen LogP contribution in [0.1, 0.15) is 35.7 Å². The molecule has 0 aliphatic carbocycles. The van der Waals surface area contributed by atoms with E-state index in [0.717, 1.165) is 23.2 Å². The van der Waals surface area contributed by atoms with Gasteiger partial charge in [-0.25, -0.2) is 0 Å². The molecular formula is C12H17N3. The summed E-state index contributed by atoms with van der Waals surface area (Å²) in [5.41, 5.74) is 6.04. The standard InChI is InChI=1S/C12H17N3/c1-4-5-6-11(15-13)12-10(3)7-9(2)8-14-12/h1,7-8,11,15H,5-6,13H2,2-3H3. The van der Waals surface area contributed by atoms with Crippen LogP contribution in [-0.2, 0) is 0 Å². The van der Waals surface area contributed by atoms with Crippen molar-refractivity contribution in [1.82, 2.24) is 10.4 Å². The quantitative estimate of drug-likeness (QED) is 0.444. The van der Waals surface area contributed by atoms with Crippen LogP contribution in [-0.4, -0.2) is 4.98 Å². The van der Waals surface area contributed by atoms with Gasteiger partial charge in [0.1, 0.15) is 0 Å². The molecule has 1 aromatic heterocycles. The number of rotatable bonds is 4. The van der Waals surface area contributed by atoms with Crippen molar-refractivity contribution in [1.29, 1.82) is 0 Å². The maximum Gasteiger partial charge on any atom is 0.0643 e. The van der Waals surface area contributed by atoms with Gasteiger partial charge in [0.15, 0.2) is 0 Å². The Morgan fingerprint density at radius 3 is 2.87 bits per heavy atom. The summed E-state index contributed by atoms with van der Waals surface area (Å²) in [6.07, 6.45) is 8.59. The molecule has 3 heteroatoms. The molecule has 1 unspecified atom stereocenters. The third kappa shape index (κ3) is 3.05. The fourth-order valence-electron chi connectivity index (χ4n) is 1.62. The summed E-state index contributed by atoms with van der Waals surface area (Å²) in [5, 5.41) is 0. The van der Waals surface area contributed by atoms with Crippen LogP contribution < -0.4 is 11.3 Å². The van der Waals surface area contributed by atoms with Crippen LogP contribution in [0.5, 0.6) is 0 Å². The minimum absolute atomic E-state index is 0.0432. The number of hydrogen-bond acceptors (Lipinski definition) is 3. The number of nitrogens with two attached hydrogens (primary N) is 1. The van der Waals surface area contributed by atoms with Crippen LogP contribution in [0.4, 0.5) is 0 Å². The third-order valence-corrected chi connectivity index (χ3v) is 2.36. The summed E-state index contributed by atoms with van der Waals surface area (Å²) in [6, 6.07) is 2.14. The zero-order valence-electron chi connectivity index (χ0n) is 9.25. The van der Waals surface area contributed by atoms with E-state index < -0.39 is 0 Å². The smallest absolute Gasteiger partial charge is 0.0643 e. The molecule has 0 aromatic carbocycles. The highest BCUT2D eigenvalue weighted by atomic mass is 15.2. The minimum Gasteiger partial charge on any atom is -0.271 e. The number of aryl methyl sites for hydroxylation is 2. The van der Waals surface area contributed by atoms with Gasteiger partial charge in [-0.2, -0.15) is 0 Å². The molecule has 1 rings (SSSR count). The van der Waals surface area contributed by atoms with Gasteiger partial charge in [0.2, 0.25) is 0 Å². The van der Waals surface area contributed by atoms with Gasteiger partial charge in [0, 0.05) is 12.6 Å². The molecule has 15 heavy (non-hydrogen) atoms. The summed E-state index contributed by atoms with van der Waals surface area (Å²) in [6.45, 7) is 4.06. The molecule has 3 nitrogen and oxygen atoms in total. The van der Waals surface area contributed by atoms with Gasteiger partial charge in [-0.1, -0.05) is 6.07 Å². The highest BCUT2D eigenvalue weighted by molar-refractivity contribution is 5.25. The first-order chi connectivity index (χ1) is 7.19. The average Bonchev–Trinajstić information content (AvgIpc) is 2.21. The predicted molar refractivity (Wildman–Crippen MR) is 61.8 cm³/mol. The molecule has 3 N–H and O–H groups in total. The molecule has 0 spiro atoms. The Balaban J connectivity index is 2.87. The van der Waals surface area contributed by atoms with Crippen molar-refractivity contribution >= 4 is 0 Å². The molecule has 0 fully saturated rings. The summed E-state index contributed by atoms with van der Waals surface area (Å²) in [4.78, 5) is 4.39. The Morgan fingerprint density at radius 1 is 1.60 bits per heavy atom. The summed E-state index contributed by atoms with van der Waals surface area (Å²) < 4.78 is 0. The lowest BCUT2D eigenvalue weighted by Crippen LogP contribution is -2.29. The first-order valence-corrected chi connectivity index (χ1v) is 5.01. The molecule has 80 valence electrons. The molecule has 0 bridgehead atoms. The number of pyridine rings is 1. The summed E-state index contributed by atoms with van der Waals surface area (Å²) in [7, 11) is 0. The molecule has 0 saturated heterocycles. The first-order valence-electron chi connectivity index (χ1n) is 5.01. The fourth-order valence-corrected chi connectivity index (χ4v) is 1.62. The molecule has 1 atom stereocenters. The highest BCUT2D eigenvalue weighted by Crippen LogP contribution is 2.19. The van der Waals surface area contributed by atoms with Crippen LogP contribution in [0, 0.1) is 26.2 Å². The van der Waals surface area contributed by atoms with E-state index in [-0.39, 0.29) is 6.04 Å². The molecule has 0 saturated carbocycles. The second-order valence-corrected chi connectivity index (χ2v) is 3.68. The lowest BCUT2D eigenvalue weighted by atomic mass is 10.0. The number of nitrogens with zero attached hydrogens (tertiary/aromatic N) is 1. The van der Waals surface area contributed by atoms with E-state index in [9.17, 15) is 0 Å². The monoisotopic (exact) mass is 203 g/mol. The van der Waals surface area contributed by atoms with Gasteiger partial charge in [-0.3, -0.25) is 16.3 Å². The van der Waals surface area contributed by atoms with E-state index in [1.807, 2.05) is 20.0 Å². The topological polar surface area (TPSA) is 50.9 Å². The molecule has 1 aromatic rings. The predicted octanol–water partition coefficient (Wildman–Crippen LogP) is 1.62. The van der Waals surface area contributed by atoms with E-state index in [1.54, 1.807) is 0 Å². The molecule has 1 heterocycles. The number of terminal acetylenes is 1. The zero-order valence-corrected chi connectivity index (χ0v) is 9.25. The van der Waals surface area contributed by atoms with Crippen molar-refractivity contribution in [2.45, 2.75) is 32.7 Å². The fraction of sp³-hybridized carbons (Fsp3) is 0.417. The maximum atomic E-state index is 5.49. The first kappa shape index (κ1) is 11.7. The molecule has 0 radical (unpaired) electrons. The van der Waals surface area contributed by atoms with Gasteiger partial charge in [-0.15, -0.1) is 12.3 Å². The summed E-state index contributed by atoms with van der Waals surface area (Å²) >= 11 is 0. The van der Waals surface area contributed by atoms with Crippen molar-refractivity contribution in [3.05, 3.63) is 29.1 Å². The van der Waals surface area contributed by atoms with E-state index in [2.05, 4.69) is 22.4 Å². The van der Waals surface area contributed by atoms with Gasteiger partial charge >= 0.3 is 0 Å². The van der Waals surface area contributed by atoms with E-state index in [0.29, 0.717) is 6.42 Å². The molecular weight excluding hydrogens is 186 g/mol. The Kier molecular flexibility index (Phi) is 4.29. The summed E-state index contributed by atoms with van der Waals surface area (Å²) in [5.74, 6) is 8.10. The SMILES string of the molecule is C#CCCC(NN)c1ncc(C)cc1C. The van der Waals surface area contributed by atoms with Crippen LogP contribution in [0.2, 0.25) is 0 Å². The Morgan fingerprint density at radius 2 is 2.33 bits per heavy atom. The van der Waals surface area contributed by atoms with E-state index in [4.69, 9.17) is 12.3 Å². The van der Waals surface area contributed by atoms with Crippen LogP contribution in [0.25, 0.3) is 0 Å². The van der Waals surface area contributed by atoms with Crippen LogP contribution >= 0.6 is 0 Å². The lowest BCUT2D eigenvalue weighted by molar-refractivity contribution is 0.509. The highest BCUT2D eigenvalue weighted by Gasteiger charge is 2.12. The van der Waals surface area contributed by atoms with E-state index >= 15 is 0 Å². The van der Waals surface area contributed by atoms with Gasteiger partial charge < -0.3 is 0 Å². The van der Waals surface area contributed by atoms with Crippen molar-refractivity contribution in [3.63, 3.8) is 0 Å². The third-order valence-electron chi connectivity index (χ3n) is 2.36. The van der Waals surface area contributed by atoms with Crippen LogP contribution in [0.3, 0.4) is 0 Å². The van der Waals surface area contributed by atoms with Gasteiger partial charge in [-0.05, 0) is 31.4 Å². The Hall–Kier alpha value is -1.37. The number of nitrogens with one attached hydrogen (secondary N) is 1. The second-order valence-electron chi connectivity index (χ2n) is 3.68. The van der Waals surface area contributed by atoms with E-state index in [1.165, 1.54) is 0 Å². The second kappa shape index (κ2) is 5.50. The zero-order chi connectivity index (χ0) is 11.3. The number of hydrogen-bond donors (Lipinski definition) is 2.